The molecular formula is C14H20N2O4. The van der Waals surface area contributed by atoms with Crippen LogP contribution in [0.5, 0.6) is 0 Å². The van der Waals surface area contributed by atoms with E-state index < -0.39 is 11.5 Å². The Morgan fingerprint density at radius 3 is 2.35 bits per heavy atom. The van der Waals surface area contributed by atoms with E-state index in [2.05, 4.69) is 4.98 Å². The molecule has 0 aromatic carbocycles. The molecule has 0 atom stereocenters. The zero-order valence-electron chi connectivity index (χ0n) is 12.2. The summed E-state index contributed by atoms with van der Waals surface area (Å²) in [7, 11) is 0. The molecule has 1 aromatic rings. The summed E-state index contributed by atoms with van der Waals surface area (Å²) in [5.74, 6) is -1.08. The van der Waals surface area contributed by atoms with Crippen molar-refractivity contribution in [2.24, 2.45) is 0 Å². The topological polar surface area (TPSA) is 79.5 Å². The van der Waals surface area contributed by atoms with Crippen LogP contribution in [-0.4, -0.2) is 40.5 Å². The minimum absolute atomic E-state index is 0.0151. The number of H-pyrrole nitrogens is 1. The number of esters is 1. The molecule has 0 aliphatic carbocycles. The normalized spacial score (nSPS) is 10.7. The molecule has 0 aliphatic rings. The van der Waals surface area contributed by atoms with Crippen molar-refractivity contribution >= 4 is 11.9 Å². The van der Waals surface area contributed by atoms with Gasteiger partial charge in [0.1, 0.15) is 5.56 Å². The summed E-state index contributed by atoms with van der Waals surface area (Å²) in [5, 5.41) is 0. The van der Waals surface area contributed by atoms with Gasteiger partial charge in [-0.05, 0) is 39.8 Å². The monoisotopic (exact) mass is 280 g/mol. The molecule has 1 aromatic heterocycles. The van der Waals surface area contributed by atoms with Crippen molar-refractivity contribution in [3.8, 4) is 0 Å². The summed E-state index contributed by atoms with van der Waals surface area (Å²) in [6, 6.07) is 2.91. The molecule has 110 valence electrons. The van der Waals surface area contributed by atoms with Crippen molar-refractivity contribution in [2.75, 3.05) is 6.61 Å². The van der Waals surface area contributed by atoms with Crippen LogP contribution in [0.25, 0.3) is 0 Å². The third-order valence-electron chi connectivity index (χ3n) is 2.77. The maximum Gasteiger partial charge on any atom is 0.344 e. The van der Waals surface area contributed by atoms with Gasteiger partial charge in [0.25, 0.3) is 11.5 Å². The largest absolute Gasteiger partial charge is 0.452 e. The summed E-state index contributed by atoms with van der Waals surface area (Å²) in [6.45, 7) is 7.19. The molecule has 0 unspecified atom stereocenters. The zero-order chi connectivity index (χ0) is 15.3. The lowest BCUT2D eigenvalue weighted by Crippen LogP contribution is -2.44. The maximum atomic E-state index is 12.0. The van der Waals surface area contributed by atoms with Gasteiger partial charge in [-0.1, -0.05) is 0 Å². The van der Waals surface area contributed by atoms with E-state index in [0.29, 0.717) is 0 Å². The van der Waals surface area contributed by atoms with Crippen LogP contribution in [0.15, 0.2) is 23.1 Å². The number of rotatable bonds is 5. The smallest absolute Gasteiger partial charge is 0.344 e. The molecule has 1 rings (SSSR count). The molecule has 0 bridgehead atoms. The van der Waals surface area contributed by atoms with Gasteiger partial charge in [0.2, 0.25) is 0 Å². The molecule has 0 aliphatic heterocycles. The predicted molar refractivity (Wildman–Crippen MR) is 74.5 cm³/mol. The Bertz CT molecular complexity index is 526. The quantitative estimate of drug-likeness (QED) is 0.821. The van der Waals surface area contributed by atoms with Crippen LogP contribution < -0.4 is 5.56 Å². The SMILES string of the molecule is CC(C)N(C(=O)COC(=O)c1ccc[nH]c1=O)C(C)C. The number of pyridine rings is 1. The lowest BCUT2D eigenvalue weighted by Gasteiger charge is -2.30. The second-order valence-electron chi connectivity index (χ2n) is 4.98. The number of aromatic nitrogens is 1. The van der Waals surface area contributed by atoms with Crippen molar-refractivity contribution in [1.29, 1.82) is 0 Å². The summed E-state index contributed by atoms with van der Waals surface area (Å²) < 4.78 is 4.90. The molecule has 0 fully saturated rings. The average molecular weight is 280 g/mol. The van der Waals surface area contributed by atoms with E-state index >= 15 is 0 Å². The maximum absolute atomic E-state index is 12.0. The van der Waals surface area contributed by atoms with Gasteiger partial charge in [-0.25, -0.2) is 4.79 Å². The molecule has 1 amide bonds. The number of nitrogens with zero attached hydrogens (tertiary/aromatic N) is 1. The van der Waals surface area contributed by atoms with Crippen molar-refractivity contribution in [2.45, 2.75) is 39.8 Å². The first kappa shape index (κ1) is 15.9. The van der Waals surface area contributed by atoms with Crippen LogP contribution in [0, 0.1) is 0 Å². The average Bonchev–Trinajstić information content (AvgIpc) is 2.35. The molecule has 6 nitrogen and oxygen atoms in total. The van der Waals surface area contributed by atoms with Gasteiger partial charge in [0.15, 0.2) is 6.61 Å². The highest BCUT2D eigenvalue weighted by molar-refractivity contribution is 5.90. The van der Waals surface area contributed by atoms with Crippen LogP contribution in [0.3, 0.4) is 0 Å². The fourth-order valence-corrected chi connectivity index (χ4v) is 2.03. The van der Waals surface area contributed by atoms with Crippen molar-refractivity contribution in [1.82, 2.24) is 9.88 Å². The van der Waals surface area contributed by atoms with Gasteiger partial charge in [0.05, 0.1) is 0 Å². The zero-order valence-corrected chi connectivity index (χ0v) is 12.2. The highest BCUT2D eigenvalue weighted by atomic mass is 16.5. The summed E-state index contributed by atoms with van der Waals surface area (Å²) in [6.07, 6.45) is 1.42. The van der Waals surface area contributed by atoms with Gasteiger partial charge in [-0.15, -0.1) is 0 Å². The second-order valence-corrected chi connectivity index (χ2v) is 4.98. The summed E-state index contributed by atoms with van der Waals surface area (Å²) in [5.41, 5.74) is -0.643. The molecule has 1 N–H and O–H groups in total. The van der Waals surface area contributed by atoms with E-state index in [1.54, 1.807) is 4.90 Å². The van der Waals surface area contributed by atoms with Gasteiger partial charge in [0, 0.05) is 18.3 Å². The minimum Gasteiger partial charge on any atom is -0.452 e. The first-order valence-electron chi connectivity index (χ1n) is 6.50. The standard InChI is InChI=1S/C14H20N2O4/c1-9(2)16(10(3)4)12(17)8-20-14(19)11-6-5-7-15-13(11)18/h5-7,9-10H,8H2,1-4H3,(H,15,18). The third kappa shape index (κ3) is 3.94. The van der Waals surface area contributed by atoms with E-state index in [9.17, 15) is 14.4 Å². The van der Waals surface area contributed by atoms with E-state index in [4.69, 9.17) is 4.74 Å². The van der Waals surface area contributed by atoms with Crippen LogP contribution >= 0.6 is 0 Å². The molecule has 0 saturated heterocycles. The van der Waals surface area contributed by atoms with E-state index in [0.717, 1.165) is 0 Å². The number of carbonyl (C=O) groups excluding carboxylic acids is 2. The lowest BCUT2D eigenvalue weighted by molar-refractivity contribution is -0.138. The highest BCUT2D eigenvalue weighted by Gasteiger charge is 2.22. The fraction of sp³-hybridized carbons (Fsp3) is 0.500. The minimum atomic E-state index is -0.798. The first-order valence-corrected chi connectivity index (χ1v) is 6.50. The number of aromatic amines is 1. The Hall–Kier alpha value is -2.11. The van der Waals surface area contributed by atoms with E-state index in [-0.39, 0.29) is 30.2 Å². The Morgan fingerprint density at radius 1 is 1.25 bits per heavy atom. The molecule has 6 heteroatoms. The number of carbonyl (C=O) groups is 2. The molecular weight excluding hydrogens is 260 g/mol. The van der Waals surface area contributed by atoms with Crippen molar-refractivity contribution in [3.63, 3.8) is 0 Å². The van der Waals surface area contributed by atoms with Crippen LogP contribution in [0.1, 0.15) is 38.1 Å². The molecule has 0 saturated carbocycles. The summed E-state index contributed by atoms with van der Waals surface area (Å²) >= 11 is 0. The fourth-order valence-electron chi connectivity index (χ4n) is 2.03. The molecule has 1 heterocycles. The number of ether oxygens (including phenoxy) is 1. The molecule has 20 heavy (non-hydrogen) atoms. The van der Waals surface area contributed by atoms with Gasteiger partial charge in [-0.3, -0.25) is 9.59 Å². The highest BCUT2D eigenvalue weighted by Crippen LogP contribution is 2.06. The first-order chi connectivity index (χ1) is 9.34. The summed E-state index contributed by atoms with van der Waals surface area (Å²) in [4.78, 5) is 39.1. The number of hydrogen-bond acceptors (Lipinski definition) is 4. The Labute approximate surface area is 117 Å². The van der Waals surface area contributed by atoms with Crippen molar-refractivity contribution < 1.29 is 14.3 Å². The van der Waals surface area contributed by atoms with E-state index in [1.807, 2.05) is 27.7 Å². The van der Waals surface area contributed by atoms with E-state index in [1.165, 1.54) is 18.3 Å². The molecule has 0 radical (unpaired) electrons. The second kappa shape index (κ2) is 6.88. The van der Waals surface area contributed by atoms with Gasteiger partial charge >= 0.3 is 5.97 Å². The van der Waals surface area contributed by atoms with Crippen molar-refractivity contribution in [3.05, 3.63) is 34.2 Å². The number of hydrogen-bond donors (Lipinski definition) is 1. The van der Waals surface area contributed by atoms with Crippen LogP contribution in [0.2, 0.25) is 0 Å². The number of nitrogens with one attached hydrogen (secondary N) is 1. The van der Waals surface area contributed by atoms with Gasteiger partial charge < -0.3 is 14.6 Å². The van der Waals surface area contributed by atoms with Crippen LogP contribution in [-0.2, 0) is 9.53 Å². The Kier molecular flexibility index (Phi) is 5.49. The predicted octanol–water partition coefficient (Wildman–Crippen LogP) is 1.18. The van der Waals surface area contributed by atoms with Gasteiger partial charge in [-0.2, -0.15) is 0 Å². The van der Waals surface area contributed by atoms with Crippen LogP contribution in [0.4, 0.5) is 0 Å². The Balaban J connectivity index is 2.68. The lowest BCUT2D eigenvalue weighted by atomic mass is 10.2. The Morgan fingerprint density at radius 2 is 1.85 bits per heavy atom. The third-order valence-corrected chi connectivity index (χ3v) is 2.77. The number of amides is 1. The molecule has 0 spiro atoms.